The Morgan fingerprint density at radius 3 is 2.09 bits per heavy atom. The fraction of sp³-hybridized carbons (Fsp3) is 0.419. The predicted molar refractivity (Wildman–Crippen MR) is 138 cm³/mol. The van der Waals surface area contributed by atoms with Crippen molar-refractivity contribution in [2.75, 3.05) is 19.6 Å². The Bertz CT molecular complexity index is 970. The van der Waals surface area contributed by atoms with Crippen LogP contribution in [0, 0.1) is 5.92 Å². The van der Waals surface area contributed by atoms with E-state index in [-0.39, 0.29) is 0 Å². The summed E-state index contributed by atoms with van der Waals surface area (Å²) in [6, 6.07) is 31.9. The van der Waals surface area contributed by atoms with Crippen LogP contribution < -0.4 is 0 Å². The van der Waals surface area contributed by atoms with Crippen molar-refractivity contribution in [1.29, 1.82) is 0 Å². The van der Waals surface area contributed by atoms with Crippen molar-refractivity contribution in [1.82, 2.24) is 9.80 Å². The molecule has 2 nitrogen and oxygen atoms in total. The number of likely N-dealkylation sites (tertiary alicyclic amines) is 1. The zero-order valence-corrected chi connectivity index (χ0v) is 20.1. The summed E-state index contributed by atoms with van der Waals surface area (Å²) >= 11 is 0. The van der Waals surface area contributed by atoms with E-state index in [2.05, 4.69) is 102 Å². The van der Waals surface area contributed by atoms with Crippen LogP contribution in [0.15, 0.2) is 84.9 Å². The third-order valence-corrected chi connectivity index (χ3v) is 7.84. The molecule has 1 aliphatic heterocycles. The molecular formula is C31H38N2. The van der Waals surface area contributed by atoms with Crippen LogP contribution in [0.5, 0.6) is 0 Å². The van der Waals surface area contributed by atoms with Crippen LogP contribution in [-0.4, -0.2) is 29.4 Å². The first-order valence-electron chi connectivity index (χ1n) is 12.9. The second-order valence-corrected chi connectivity index (χ2v) is 10.3. The molecule has 172 valence electrons. The highest BCUT2D eigenvalue weighted by atomic mass is 15.2. The zero-order chi connectivity index (χ0) is 22.5. The molecule has 1 saturated heterocycles. The monoisotopic (exact) mass is 438 g/mol. The third kappa shape index (κ3) is 5.75. The lowest BCUT2D eigenvalue weighted by atomic mass is 9.71. The van der Waals surface area contributed by atoms with E-state index < -0.39 is 0 Å². The van der Waals surface area contributed by atoms with Crippen LogP contribution in [0.1, 0.15) is 66.8 Å². The summed E-state index contributed by atoms with van der Waals surface area (Å²) in [5.41, 5.74) is 5.84. The molecule has 0 bridgehead atoms. The molecule has 1 atom stereocenters. The summed E-state index contributed by atoms with van der Waals surface area (Å²) in [6.07, 6.45) is 5.37. The topological polar surface area (TPSA) is 6.48 Å². The number of hydrogen-bond acceptors (Lipinski definition) is 2. The Kier molecular flexibility index (Phi) is 7.24. The first kappa shape index (κ1) is 22.4. The average molecular weight is 439 g/mol. The maximum Gasteiger partial charge on any atom is 0.0323 e. The van der Waals surface area contributed by atoms with E-state index in [1.165, 1.54) is 62.0 Å². The number of rotatable bonds is 9. The SMILES string of the molecule is C[C@H](c1ccccc1)N(Cc1ccccc1)C[C@H]1C[C@H](c2ccc(CN3CCCC3)cc2)C1. The highest BCUT2D eigenvalue weighted by molar-refractivity contribution is 5.27. The summed E-state index contributed by atoms with van der Waals surface area (Å²) in [6.45, 7) is 8.23. The van der Waals surface area contributed by atoms with Crippen LogP contribution in [0.2, 0.25) is 0 Å². The first-order valence-corrected chi connectivity index (χ1v) is 12.9. The molecular weight excluding hydrogens is 400 g/mol. The van der Waals surface area contributed by atoms with Crippen LogP contribution in [0.25, 0.3) is 0 Å². The van der Waals surface area contributed by atoms with E-state index in [1.54, 1.807) is 5.56 Å². The van der Waals surface area contributed by atoms with Crippen molar-refractivity contribution in [3.8, 4) is 0 Å². The second-order valence-electron chi connectivity index (χ2n) is 10.3. The van der Waals surface area contributed by atoms with Gasteiger partial charge >= 0.3 is 0 Å². The Labute approximate surface area is 200 Å². The molecule has 1 saturated carbocycles. The highest BCUT2D eigenvalue weighted by Gasteiger charge is 2.32. The van der Waals surface area contributed by atoms with Crippen molar-refractivity contribution in [3.63, 3.8) is 0 Å². The fourth-order valence-electron chi connectivity index (χ4n) is 5.70. The fourth-order valence-corrected chi connectivity index (χ4v) is 5.70. The molecule has 2 heteroatoms. The van der Waals surface area contributed by atoms with Crippen molar-refractivity contribution >= 4 is 0 Å². The van der Waals surface area contributed by atoms with Gasteiger partial charge in [-0.1, -0.05) is 84.9 Å². The molecule has 3 aromatic rings. The standard InChI is InChI=1S/C31H38N2/c1-25(29-12-6-3-7-13-29)33(23-26-10-4-2-5-11-26)24-28-20-31(21-28)30-16-14-27(15-17-30)22-32-18-8-9-19-32/h2-7,10-17,25,28,31H,8-9,18-24H2,1H3/t25-,28-,31-/m1/s1. The Hall–Kier alpha value is -2.42. The van der Waals surface area contributed by atoms with Gasteiger partial charge in [0.2, 0.25) is 0 Å². The van der Waals surface area contributed by atoms with Crippen LogP contribution in [0.3, 0.4) is 0 Å². The molecule has 0 N–H and O–H groups in total. The Balaban J connectivity index is 1.19. The summed E-state index contributed by atoms with van der Waals surface area (Å²) < 4.78 is 0. The normalized spacial score (nSPS) is 21.8. The van der Waals surface area contributed by atoms with E-state index >= 15 is 0 Å². The molecule has 2 aliphatic rings. The quantitative estimate of drug-likeness (QED) is 0.353. The zero-order valence-electron chi connectivity index (χ0n) is 20.1. The maximum atomic E-state index is 2.69. The molecule has 3 aromatic carbocycles. The minimum Gasteiger partial charge on any atom is -0.299 e. The van der Waals surface area contributed by atoms with Gasteiger partial charge in [0.25, 0.3) is 0 Å². The van der Waals surface area contributed by atoms with Gasteiger partial charge in [-0.15, -0.1) is 0 Å². The van der Waals surface area contributed by atoms with Gasteiger partial charge < -0.3 is 0 Å². The molecule has 2 fully saturated rings. The van der Waals surface area contributed by atoms with Gasteiger partial charge in [-0.3, -0.25) is 9.80 Å². The Morgan fingerprint density at radius 1 is 0.788 bits per heavy atom. The maximum absolute atomic E-state index is 2.69. The van der Waals surface area contributed by atoms with E-state index in [0.717, 1.165) is 24.9 Å². The van der Waals surface area contributed by atoms with Crippen LogP contribution >= 0.6 is 0 Å². The minimum absolute atomic E-state index is 0.426. The van der Waals surface area contributed by atoms with Gasteiger partial charge in [0.05, 0.1) is 0 Å². The summed E-state index contributed by atoms with van der Waals surface area (Å²) in [7, 11) is 0. The summed E-state index contributed by atoms with van der Waals surface area (Å²) in [4.78, 5) is 5.27. The second kappa shape index (κ2) is 10.7. The minimum atomic E-state index is 0.426. The number of benzene rings is 3. The van der Waals surface area contributed by atoms with E-state index in [0.29, 0.717) is 6.04 Å². The molecule has 0 unspecified atom stereocenters. The predicted octanol–water partition coefficient (Wildman–Crippen LogP) is 7.04. The lowest BCUT2D eigenvalue weighted by molar-refractivity contribution is 0.119. The smallest absolute Gasteiger partial charge is 0.0323 e. The van der Waals surface area contributed by atoms with Crippen LogP contribution in [-0.2, 0) is 13.1 Å². The van der Waals surface area contributed by atoms with Gasteiger partial charge in [-0.05, 0) is 79.8 Å². The largest absolute Gasteiger partial charge is 0.299 e. The van der Waals surface area contributed by atoms with Gasteiger partial charge in [0.1, 0.15) is 0 Å². The lowest BCUT2D eigenvalue weighted by Crippen LogP contribution is -2.36. The van der Waals surface area contributed by atoms with Crippen molar-refractivity contribution in [2.24, 2.45) is 5.92 Å². The van der Waals surface area contributed by atoms with Crippen molar-refractivity contribution in [3.05, 3.63) is 107 Å². The third-order valence-electron chi connectivity index (χ3n) is 7.84. The number of hydrogen-bond donors (Lipinski definition) is 0. The molecule has 1 aliphatic carbocycles. The molecule has 5 rings (SSSR count). The van der Waals surface area contributed by atoms with E-state index in [4.69, 9.17) is 0 Å². The molecule has 1 heterocycles. The van der Waals surface area contributed by atoms with Crippen molar-refractivity contribution < 1.29 is 0 Å². The molecule has 0 aromatic heterocycles. The van der Waals surface area contributed by atoms with Gasteiger partial charge in [0.15, 0.2) is 0 Å². The lowest BCUT2D eigenvalue weighted by Gasteiger charge is -2.41. The van der Waals surface area contributed by atoms with Crippen molar-refractivity contribution in [2.45, 2.75) is 57.7 Å². The average Bonchev–Trinajstić information content (AvgIpc) is 3.35. The number of nitrogens with zero attached hydrogens (tertiary/aromatic N) is 2. The summed E-state index contributed by atoms with van der Waals surface area (Å²) in [5.74, 6) is 1.52. The van der Waals surface area contributed by atoms with Gasteiger partial charge in [0, 0.05) is 25.7 Å². The Morgan fingerprint density at radius 2 is 1.42 bits per heavy atom. The van der Waals surface area contributed by atoms with E-state index in [1.807, 2.05) is 0 Å². The highest BCUT2D eigenvalue weighted by Crippen LogP contribution is 2.43. The van der Waals surface area contributed by atoms with Crippen LogP contribution in [0.4, 0.5) is 0 Å². The molecule has 33 heavy (non-hydrogen) atoms. The van der Waals surface area contributed by atoms with Gasteiger partial charge in [-0.2, -0.15) is 0 Å². The molecule has 0 amide bonds. The van der Waals surface area contributed by atoms with E-state index in [9.17, 15) is 0 Å². The molecule has 0 radical (unpaired) electrons. The van der Waals surface area contributed by atoms with Gasteiger partial charge in [-0.25, -0.2) is 0 Å². The summed E-state index contributed by atoms with van der Waals surface area (Å²) in [5, 5.41) is 0. The first-order chi connectivity index (χ1) is 16.2. The molecule has 0 spiro atoms.